The number of aromatic nitrogens is 4. The first kappa shape index (κ1) is 27.9. The smallest absolute Gasteiger partial charge is 0.410 e. The number of hydrogen-bond donors (Lipinski definition) is 1. The minimum Gasteiger partial charge on any atom is -0.481 e. The number of aryl methyl sites for hydroxylation is 2. The first-order chi connectivity index (χ1) is 19.1. The van der Waals surface area contributed by atoms with Crippen molar-refractivity contribution < 1.29 is 19.4 Å². The van der Waals surface area contributed by atoms with E-state index in [9.17, 15) is 14.7 Å². The average molecular weight is 549 g/mol. The summed E-state index contributed by atoms with van der Waals surface area (Å²) in [5.74, 6) is 0.964. The molecule has 2 aliphatic rings. The molecule has 4 heterocycles. The van der Waals surface area contributed by atoms with Gasteiger partial charge in [0.25, 0.3) is 0 Å². The summed E-state index contributed by atoms with van der Waals surface area (Å²) in [6.07, 6.45) is 3.77. The largest absolute Gasteiger partial charge is 0.481 e. The van der Waals surface area contributed by atoms with E-state index in [1.54, 1.807) is 0 Å². The number of anilines is 1. The Kier molecular flexibility index (Phi) is 7.96. The third-order valence-corrected chi connectivity index (χ3v) is 7.94. The molecule has 2 fully saturated rings. The zero-order valence-electron chi connectivity index (χ0n) is 24.0. The predicted molar refractivity (Wildman–Crippen MR) is 153 cm³/mol. The van der Waals surface area contributed by atoms with Gasteiger partial charge in [0, 0.05) is 38.3 Å². The number of carbonyl (C=O) groups excluding carboxylic acids is 1. The van der Waals surface area contributed by atoms with Gasteiger partial charge in [-0.05, 0) is 65.7 Å². The van der Waals surface area contributed by atoms with E-state index in [1.807, 2.05) is 50.8 Å². The fourth-order valence-corrected chi connectivity index (χ4v) is 5.65. The molecule has 10 heteroatoms. The molecule has 0 bridgehead atoms. The summed E-state index contributed by atoms with van der Waals surface area (Å²) in [4.78, 5) is 42.6. The van der Waals surface area contributed by atoms with Crippen molar-refractivity contribution in [2.24, 2.45) is 11.8 Å². The first-order valence-corrected chi connectivity index (χ1v) is 14.3. The van der Waals surface area contributed by atoms with Gasteiger partial charge in [-0.15, -0.1) is 0 Å². The molecule has 0 radical (unpaired) electrons. The number of nitrogens with zero attached hydrogens (tertiary/aromatic N) is 6. The van der Waals surface area contributed by atoms with Crippen molar-refractivity contribution in [2.45, 2.75) is 71.9 Å². The number of hydrogen-bond acceptors (Lipinski definition) is 7. The zero-order valence-corrected chi connectivity index (χ0v) is 24.0. The van der Waals surface area contributed by atoms with Crippen LogP contribution in [0.4, 0.5) is 10.7 Å². The highest BCUT2D eigenvalue weighted by molar-refractivity contribution is 5.80. The molecule has 0 saturated carbocycles. The standard InChI is InChI=1S/C30H40N6O4/c1-20-24-26(33-28(31-20)34-17-13-23(14-18-34)27(37)38)36(25(32-24)22-8-6-5-7-9-22)19-12-21-10-15-35(16-11-21)29(39)40-30(2,3)4/h5-9,21,23H,10-19H2,1-4H3,(H,37,38). The van der Waals surface area contributed by atoms with Gasteiger partial charge in [-0.3, -0.25) is 4.79 Å². The summed E-state index contributed by atoms with van der Waals surface area (Å²) in [7, 11) is 0. The second-order valence-corrected chi connectivity index (χ2v) is 12.0. The maximum absolute atomic E-state index is 12.5. The van der Waals surface area contributed by atoms with Crippen molar-refractivity contribution in [3.05, 3.63) is 36.0 Å². The van der Waals surface area contributed by atoms with Gasteiger partial charge >= 0.3 is 12.1 Å². The van der Waals surface area contributed by atoms with Crippen LogP contribution in [-0.4, -0.2) is 73.4 Å². The summed E-state index contributed by atoms with van der Waals surface area (Å²) < 4.78 is 7.78. The highest BCUT2D eigenvalue weighted by atomic mass is 16.6. The molecule has 0 atom stereocenters. The fourth-order valence-electron chi connectivity index (χ4n) is 5.65. The third kappa shape index (κ3) is 6.21. The second kappa shape index (κ2) is 11.4. The summed E-state index contributed by atoms with van der Waals surface area (Å²) in [5.41, 5.74) is 2.97. The quantitative estimate of drug-likeness (QED) is 0.451. The van der Waals surface area contributed by atoms with Crippen LogP contribution in [-0.2, 0) is 16.1 Å². The van der Waals surface area contributed by atoms with E-state index in [-0.39, 0.29) is 12.0 Å². The van der Waals surface area contributed by atoms with E-state index in [1.165, 1.54) is 0 Å². The van der Waals surface area contributed by atoms with Gasteiger partial charge in [0.1, 0.15) is 16.9 Å². The van der Waals surface area contributed by atoms with Gasteiger partial charge in [-0.1, -0.05) is 30.3 Å². The number of carboxylic acids is 1. The number of carboxylic acid groups (broad SMARTS) is 1. The number of fused-ring (bicyclic) bond motifs is 1. The number of amides is 1. The number of benzene rings is 1. The van der Waals surface area contributed by atoms with Crippen molar-refractivity contribution in [1.82, 2.24) is 24.4 Å². The van der Waals surface area contributed by atoms with E-state index in [0.29, 0.717) is 50.9 Å². The van der Waals surface area contributed by atoms with Crippen LogP contribution >= 0.6 is 0 Å². The maximum atomic E-state index is 12.5. The molecule has 40 heavy (non-hydrogen) atoms. The molecule has 1 amide bonds. The molecule has 3 aromatic rings. The van der Waals surface area contributed by atoms with Gasteiger partial charge in [-0.25, -0.2) is 14.8 Å². The molecule has 0 aliphatic carbocycles. The van der Waals surface area contributed by atoms with Crippen LogP contribution in [0.15, 0.2) is 30.3 Å². The molecule has 1 aromatic carbocycles. The van der Waals surface area contributed by atoms with Crippen LogP contribution in [0.5, 0.6) is 0 Å². The molecular formula is C30H40N6O4. The van der Waals surface area contributed by atoms with Crippen molar-refractivity contribution in [3.63, 3.8) is 0 Å². The normalized spacial score (nSPS) is 17.4. The molecule has 0 spiro atoms. The third-order valence-electron chi connectivity index (χ3n) is 7.94. The predicted octanol–water partition coefficient (Wildman–Crippen LogP) is 5.14. The Bertz CT molecular complexity index is 1350. The Morgan fingerprint density at radius 1 is 0.975 bits per heavy atom. The van der Waals surface area contributed by atoms with Gasteiger partial charge in [0.05, 0.1) is 11.6 Å². The highest BCUT2D eigenvalue weighted by Gasteiger charge is 2.29. The van der Waals surface area contributed by atoms with E-state index in [2.05, 4.69) is 21.6 Å². The first-order valence-electron chi connectivity index (χ1n) is 14.3. The van der Waals surface area contributed by atoms with E-state index < -0.39 is 11.6 Å². The molecule has 0 unspecified atom stereocenters. The highest BCUT2D eigenvalue weighted by Crippen LogP contribution is 2.30. The van der Waals surface area contributed by atoms with Crippen molar-refractivity contribution in [2.75, 3.05) is 31.1 Å². The minimum atomic E-state index is -0.727. The molecule has 10 nitrogen and oxygen atoms in total. The lowest BCUT2D eigenvalue weighted by Gasteiger charge is -2.33. The van der Waals surface area contributed by atoms with Gasteiger partial charge in [0.2, 0.25) is 5.95 Å². The van der Waals surface area contributed by atoms with E-state index >= 15 is 0 Å². The average Bonchev–Trinajstić information content (AvgIpc) is 3.31. The number of rotatable bonds is 6. The number of imidazole rings is 1. The molecule has 2 saturated heterocycles. The lowest BCUT2D eigenvalue weighted by molar-refractivity contribution is -0.142. The van der Waals surface area contributed by atoms with Crippen LogP contribution in [0.1, 0.15) is 58.6 Å². The second-order valence-electron chi connectivity index (χ2n) is 12.0. The zero-order chi connectivity index (χ0) is 28.4. The van der Waals surface area contributed by atoms with Gasteiger partial charge in [0.15, 0.2) is 5.65 Å². The molecule has 5 rings (SSSR count). The summed E-state index contributed by atoms with van der Waals surface area (Å²) >= 11 is 0. The molecular weight excluding hydrogens is 508 g/mol. The van der Waals surface area contributed by atoms with Crippen molar-refractivity contribution in [3.8, 4) is 11.4 Å². The maximum Gasteiger partial charge on any atom is 0.410 e. The van der Waals surface area contributed by atoms with E-state index in [4.69, 9.17) is 19.7 Å². The Morgan fingerprint density at radius 3 is 2.27 bits per heavy atom. The lowest BCUT2D eigenvalue weighted by atomic mass is 9.93. The number of piperidine rings is 2. The van der Waals surface area contributed by atoms with Crippen LogP contribution < -0.4 is 4.90 Å². The molecule has 2 aromatic heterocycles. The SMILES string of the molecule is Cc1nc(N2CCC(C(=O)O)CC2)nc2c1nc(-c1ccccc1)n2CCC1CCN(C(=O)OC(C)(C)C)CC1. The fraction of sp³-hybridized carbons (Fsp3) is 0.567. The summed E-state index contributed by atoms with van der Waals surface area (Å²) in [6, 6.07) is 10.2. The van der Waals surface area contributed by atoms with Crippen molar-refractivity contribution >= 4 is 29.2 Å². The van der Waals surface area contributed by atoms with Crippen LogP contribution in [0, 0.1) is 18.8 Å². The Hall–Kier alpha value is -3.69. The number of aliphatic carboxylic acids is 1. The topological polar surface area (TPSA) is 114 Å². The van der Waals surface area contributed by atoms with E-state index in [0.717, 1.165) is 54.1 Å². The molecule has 2 aliphatic heterocycles. The summed E-state index contributed by atoms with van der Waals surface area (Å²) in [5, 5.41) is 9.39. The Morgan fingerprint density at radius 2 is 1.65 bits per heavy atom. The van der Waals surface area contributed by atoms with Gasteiger partial charge in [-0.2, -0.15) is 4.98 Å². The summed E-state index contributed by atoms with van der Waals surface area (Å²) in [6.45, 7) is 11.1. The van der Waals surface area contributed by atoms with Gasteiger partial charge < -0.3 is 24.2 Å². The van der Waals surface area contributed by atoms with Crippen LogP contribution in [0.2, 0.25) is 0 Å². The van der Waals surface area contributed by atoms with Crippen LogP contribution in [0.25, 0.3) is 22.6 Å². The van der Waals surface area contributed by atoms with Crippen molar-refractivity contribution in [1.29, 1.82) is 0 Å². The number of carbonyl (C=O) groups is 2. The minimum absolute atomic E-state index is 0.231. The number of ether oxygens (including phenoxy) is 1. The molecule has 1 N–H and O–H groups in total. The monoisotopic (exact) mass is 548 g/mol. The molecule has 214 valence electrons. The van der Waals surface area contributed by atoms with Crippen LogP contribution in [0.3, 0.4) is 0 Å². The number of likely N-dealkylation sites (tertiary alicyclic amines) is 1. The Labute approximate surface area is 235 Å². The lowest BCUT2D eigenvalue weighted by Crippen LogP contribution is -2.41. The Balaban J connectivity index is 1.36.